The lowest BCUT2D eigenvalue weighted by Gasteiger charge is -2.22. The maximum atomic E-state index is 11.4. The van der Waals surface area contributed by atoms with Crippen molar-refractivity contribution in [2.75, 3.05) is 19.7 Å². The lowest BCUT2D eigenvalue weighted by atomic mass is 10.2. The molecular formula is C9H19NO2. The van der Waals surface area contributed by atoms with E-state index in [1.165, 1.54) is 0 Å². The zero-order chi connectivity index (χ0) is 9.56. The summed E-state index contributed by atoms with van der Waals surface area (Å²) >= 11 is 0. The van der Waals surface area contributed by atoms with E-state index in [9.17, 15) is 4.79 Å². The first-order valence-electron chi connectivity index (χ1n) is 4.53. The summed E-state index contributed by atoms with van der Waals surface area (Å²) in [6.07, 6.45) is 0.673. The highest BCUT2D eigenvalue weighted by Crippen LogP contribution is 2.01. The van der Waals surface area contributed by atoms with Crippen molar-refractivity contribution in [2.24, 2.45) is 5.92 Å². The fraction of sp³-hybridized carbons (Fsp3) is 0.889. The van der Waals surface area contributed by atoms with Crippen molar-refractivity contribution in [3.63, 3.8) is 0 Å². The van der Waals surface area contributed by atoms with Crippen LogP contribution in [-0.4, -0.2) is 35.6 Å². The third-order valence-corrected chi connectivity index (χ3v) is 1.77. The fourth-order valence-electron chi connectivity index (χ4n) is 1.05. The van der Waals surface area contributed by atoms with Gasteiger partial charge in [0, 0.05) is 25.6 Å². The van der Waals surface area contributed by atoms with Gasteiger partial charge in [0.1, 0.15) is 0 Å². The molecule has 0 radical (unpaired) electrons. The third kappa shape index (κ3) is 3.72. The average molecular weight is 173 g/mol. The molecule has 0 aliphatic rings. The number of hydrogen-bond acceptors (Lipinski definition) is 2. The van der Waals surface area contributed by atoms with Crippen LogP contribution in [0, 0.1) is 5.92 Å². The topological polar surface area (TPSA) is 40.5 Å². The molecule has 0 unspecified atom stereocenters. The second kappa shape index (κ2) is 6.00. The molecule has 0 heterocycles. The van der Waals surface area contributed by atoms with Crippen molar-refractivity contribution in [3.8, 4) is 0 Å². The molecule has 0 aliphatic carbocycles. The Hall–Kier alpha value is -0.570. The Morgan fingerprint density at radius 2 is 2.08 bits per heavy atom. The molecule has 0 atom stereocenters. The molecule has 0 aromatic rings. The highest BCUT2D eigenvalue weighted by molar-refractivity contribution is 5.78. The molecule has 0 spiro atoms. The number of hydrogen-bond donors (Lipinski definition) is 1. The van der Waals surface area contributed by atoms with Crippen LogP contribution in [0.5, 0.6) is 0 Å². The van der Waals surface area contributed by atoms with Gasteiger partial charge in [-0.2, -0.15) is 0 Å². The van der Waals surface area contributed by atoms with Crippen molar-refractivity contribution >= 4 is 5.91 Å². The first-order valence-corrected chi connectivity index (χ1v) is 4.53. The Kier molecular flexibility index (Phi) is 5.72. The van der Waals surface area contributed by atoms with E-state index in [0.717, 1.165) is 6.54 Å². The summed E-state index contributed by atoms with van der Waals surface area (Å²) in [5, 5.41) is 8.59. The van der Waals surface area contributed by atoms with Crippen LogP contribution in [0.2, 0.25) is 0 Å². The normalized spacial score (nSPS) is 10.4. The molecule has 1 amide bonds. The van der Waals surface area contributed by atoms with Crippen molar-refractivity contribution in [2.45, 2.75) is 27.2 Å². The Balaban J connectivity index is 3.88. The molecule has 1 N–H and O–H groups in total. The summed E-state index contributed by atoms with van der Waals surface area (Å²) in [4.78, 5) is 13.2. The molecule has 0 saturated carbocycles. The predicted molar refractivity (Wildman–Crippen MR) is 48.8 cm³/mol. The number of amides is 1. The van der Waals surface area contributed by atoms with Crippen LogP contribution in [0.4, 0.5) is 0 Å². The molecule has 3 nitrogen and oxygen atoms in total. The van der Waals surface area contributed by atoms with E-state index < -0.39 is 0 Å². The monoisotopic (exact) mass is 173 g/mol. The second-order valence-corrected chi connectivity index (χ2v) is 3.15. The van der Waals surface area contributed by atoms with Crippen LogP contribution in [0.1, 0.15) is 27.2 Å². The minimum Gasteiger partial charge on any atom is -0.396 e. The Morgan fingerprint density at radius 3 is 2.42 bits per heavy atom. The van der Waals surface area contributed by atoms with Gasteiger partial charge in [-0.15, -0.1) is 0 Å². The minimum absolute atomic E-state index is 0.0589. The van der Waals surface area contributed by atoms with Gasteiger partial charge in [0.15, 0.2) is 0 Å². The molecule has 0 aliphatic heterocycles. The Bertz CT molecular complexity index is 134. The standard InChI is InChI=1S/C9H19NO2/c1-4-10(6-5-7-11)9(12)8(2)3/h8,11H,4-7H2,1-3H3. The molecular weight excluding hydrogens is 154 g/mol. The van der Waals surface area contributed by atoms with Gasteiger partial charge in [-0.25, -0.2) is 0 Å². The van der Waals surface area contributed by atoms with E-state index in [1.807, 2.05) is 20.8 Å². The molecule has 72 valence electrons. The highest BCUT2D eigenvalue weighted by Gasteiger charge is 2.13. The van der Waals surface area contributed by atoms with Gasteiger partial charge >= 0.3 is 0 Å². The first-order chi connectivity index (χ1) is 5.63. The molecule has 0 fully saturated rings. The van der Waals surface area contributed by atoms with Crippen molar-refractivity contribution in [1.29, 1.82) is 0 Å². The lowest BCUT2D eigenvalue weighted by Crippen LogP contribution is -2.35. The smallest absolute Gasteiger partial charge is 0.225 e. The van der Waals surface area contributed by atoms with Crippen molar-refractivity contribution in [1.82, 2.24) is 4.90 Å². The Labute approximate surface area is 74.4 Å². The van der Waals surface area contributed by atoms with Crippen LogP contribution in [0.15, 0.2) is 0 Å². The van der Waals surface area contributed by atoms with Gasteiger partial charge in [0.2, 0.25) is 5.91 Å². The number of aliphatic hydroxyl groups excluding tert-OH is 1. The molecule has 12 heavy (non-hydrogen) atoms. The zero-order valence-corrected chi connectivity index (χ0v) is 8.21. The van der Waals surface area contributed by atoms with E-state index in [-0.39, 0.29) is 18.4 Å². The average Bonchev–Trinajstić information content (AvgIpc) is 2.05. The largest absolute Gasteiger partial charge is 0.396 e. The van der Waals surface area contributed by atoms with Crippen LogP contribution in [0.25, 0.3) is 0 Å². The summed E-state index contributed by atoms with van der Waals surface area (Å²) < 4.78 is 0. The summed E-state index contributed by atoms with van der Waals surface area (Å²) in [5.41, 5.74) is 0. The van der Waals surface area contributed by atoms with Gasteiger partial charge in [-0.1, -0.05) is 13.8 Å². The maximum Gasteiger partial charge on any atom is 0.225 e. The van der Waals surface area contributed by atoms with E-state index in [1.54, 1.807) is 4.90 Å². The molecule has 0 aromatic carbocycles. The van der Waals surface area contributed by atoms with E-state index in [4.69, 9.17) is 5.11 Å². The van der Waals surface area contributed by atoms with E-state index in [0.29, 0.717) is 13.0 Å². The highest BCUT2D eigenvalue weighted by atomic mass is 16.3. The molecule has 0 saturated heterocycles. The molecule has 0 aromatic heterocycles. The van der Waals surface area contributed by atoms with Gasteiger partial charge in [-0.3, -0.25) is 4.79 Å². The number of carbonyl (C=O) groups excluding carboxylic acids is 1. The van der Waals surface area contributed by atoms with E-state index in [2.05, 4.69) is 0 Å². The SMILES string of the molecule is CCN(CCCO)C(=O)C(C)C. The minimum atomic E-state index is 0.0589. The van der Waals surface area contributed by atoms with Crippen LogP contribution in [-0.2, 0) is 4.79 Å². The Morgan fingerprint density at radius 1 is 1.50 bits per heavy atom. The molecule has 0 bridgehead atoms. The van der Waals surface area contributed by atoms with Gasteiger partial charge in [-0.05, 0) is 13.3 Å². The maximum absolute atomic E-state index is 11.4. The number of rotatable bonds is 5. The van der Waals surface area contributed by atoms with Crippen LogP contribution < -0.4 is 0 Å². The number of carbonyl (C=O) groups is 1. The fourth-order valence-corrected chi connectivity index (χ4v) is 1.05. The molecule has 3 heteroatoms. The summed E-state index contributed by atoms with van der Waals surface area (Å²) in [6.45, 7) is 7.30. The summed E-state index contributed by atoms with van der Waals surface area (Å²) in [6, 6.07) is 0. The summed E-state index contributed by atoms with van der Waals surface area (Å²) in [7, 11) is 0. The zero-order valence-electron chi connectivity index (χ0n) is 8.21. The predicted octanol–water partition coefficient (Wildman–Crippen LogP) is 0.873. The number of aliphatic hydroxyl groups is 1. The third-order valence-electron chi connectivity index (χ3n) is 1.77. The molecule has 0 rings (SSSR count). The lowest BCUT2D eigenvalue weighted by molar-refractivity contribution is -0.134. The van der Waals surface area contributed by atoms with E-state index >= 15 is 0 Å². The van der Waals surface area contributed by atoms with Crippen LogP contribution in [0.3, 0.4) is 0 Å². The second-order valence-electron chi connectivity index (χ2n) is 3.15. The van der Waals surface area contributed by atoms with Crippen molar-refractivity contribution < 1.29 is 9.90 Å². The number of nitrogens with zero attached hydrogens (tertiary/aromatic N) is 1. The summed E-state index contributed by atoms with van der Waals surface area (Å²) in [5.74, 6) is 0.231. The first kappa shape index (κ1) is 11.4. The van der Waals surface area contributed by atoms with Crippen LogP contribution >= 0.6 is 0 Å². The van der Waals surface area contributed by atoms with Gasteiger partial charge in [0.25, 0.3) is 0 Å². The quantitative estimate of drug-likeness (QED) is 0.670. The van der Waals surface area contributed by atoms with Crippen molar-refractivity contribution in [3.05, 3.63) is 0 Å². The van der Waals surface area contributed by atoms with Gasteiger partial charge < -0.3 is 10.0 Å². The van der Waals surface area contributed by atoms with Gasteiger partial charge in [0.05, 0.1) is 0 Å².